The maximum Gasteiger partial charge on any atom is 0.251 e. The summed E-state index contributed by atoms with van der Waals surface area (Å²) in [6, 6.07) is 13.1. The molecular weight excluding hydrogens is 554 g/mol. The van der Waals surface area contributed by atoms with Crippen molar-refractivity contribution in [1.29, 1.82) is 0 Å². The Morgan fingerprint density at radius 3 is 2.50 bits per heavy atom. The normalized spacial score (nSPS) is 18.2. The number of likely N-dealkylation sites (N-methyl/N-ethyl adjacent to an activating group) is 1. The molecule has 0 bridgehead atoms. The number of nitrogens with one attached hydrogen (secondary N) is 1. The summed E-state index contributed by atoms with van der Waals surface area (Å²) in [5.74, 6) is 1.78. The zero-order valence-corrected chi connectivity index (χ0v) is 27.3. The van der Waals surface area contributed by atoms with Gasteiger partial charge in [-0.2, -0.15) is 0 Å². The molecule has 2 atom stereocenters. The first kappa shape index (κ1) is 33.5. The van der Waals surface area contributed by atoms with E-state index >= 15 is 0 Å². The highest BCUT2D eigenvalue weighted by Gasteiger charge is 2.33. The van der Waals surface area contributed by atoms with E-state index in [1.165, 1.54) is 6.42 Å². The lowest BCUT2D eigenvalue weighted by molar-refractivity contribution is -0.133. The number of nitrogens with zero attached hydrogens (tertiary/aromatic N) is 2. The predicted octanol–water partition coefficient (Wildman–Crippen LogP) is 5.84. The zero-order valence-electron chi connectivity index (χ0n) is 27.3. The molecule has 44 heavy (non-hydrogen) atoms. The van der Waals surface area contributed by atoms with Crippen molar-refractivity contribution in [1.82, 2.24) is 15.1 Å². The molecule has 2 aliphatic rings. The third-order valence-corrected chi connectivity index (χ3v) is 9.10. The maximum absolute atomic E-state index is 13.5. The molecule has 2 aromatic rings. The van der Waals surface area contributed by atoms with Gasteiger partial charge in [0.2, 0.25) is 5.91 Å². The number of Topliss-reactive ketones (excluding diaryl/α,β-unsaturated/α-hetero) is 1. The molecule has 1 aliphatic carbocycles. The minimum absolute atomic E-state index is 0.0973. The molecule has 240 valence electrons. The minimum Gasteiger partial charge on any atom is -0.497 e. The molecule has 1 N–H and O–H groups in total. The van der Waals surface area contributed by atoms with Crippen LogP contribution in [0.4, 0.5) is 0 Å². The molecule has 8 heteroatoms. The fraction of sp³-hybridized carbons (Fsp3) is 0.583. The van der Waals surface area contributed by atoms with Crippen LogP contribution in [0, 0.1) is 11.8 Å². The molecule has 0 radical (unpaired) electrons. The van der Waals surface area contributed by atoms with Crippen molar-refractivity contribution in [2.45, 2.75) is 84.2 Å². The first-order valence-electron chi connectivity index (χ1n) is 16.4. The van der Waals surface area contributed by atoms with E-state index in [1.54, 1.807) is 7.11 Å². The summed E-state index contributed by atoms with van der Waals surface area (Å²) >= 11 is 0. The number of piperidine rings is 1. The van der Waals surface area contributed by atoms with Gasteiger partial charge in [0, 0.05) is 48.7 Å². The third kappa shape index (κ3) is 8.84. The standard InChI is InChI=1S/C36H51N3O5/c1-6-44-32-21-31(43-5)18-17-30(32)22-38(4)24-33(40)39-19-11-16-29(23-39)27-14-10-15-28(20-27)36(42)37-34(35(41)25(2)3)26-12-8-7-9-13-26/h10,14-15,17-18,20-21,25-26,29,34H,6-9,11-13,16,19,22-24H2,1-5H3,(H,37,42)/t29?,34-/m1/s1. The van der Waals surface area contributed by atoms with Crippen molar-refractivity contribution >= 4 is 17.6 Å². The van der Waals surface area contributed by atoms with Gasteiger partial charge >= 0.3 is 0 Å². The van der Waals surface area contributed by atoms with Crippen LogP contribution in [0.5, 0.6) is 11.5 Å². The first-order chi connectivity index (χ1) is 21.2. The summed E-state index contributed by atoms with van der Waals surface area (Å²) in [6.07, 6.45) is 7.27. The number of benzene rings is 2. The van der Waals surface area contributed by atoms with Crippen LogP contribution < -0.4 is 14.8 Å². The molecule has 0 aromatic heterocycles. The molecule has 2 aromatic carbocycles. The highest BCUT2D eigenvalue weighted by molar-refractivity contribution is 5.98. The smallest absolute Gasteiger partial charge is 0.251 e. The van der Waals surface area contributed by atoms with Crippen LogP contribution in [0.3, 0.4) is 0 Å². The average Bonchev–Trinajstić information content (AvgIpc) is 3.04. The van der Waals surface area contributed by atoms with Crippen LogP contribution in [-0.2, 0) is 16.1 Å². The van der Waals surface area contributed by atoms with Crippen LogP contribution in [0.25, 0.3) is 0 Å². The zero-order chi connectivity index (χ0) is 31.6. The second-order valence-corrected chi connectivity index (χ2v) is 12.8. The van der Waals surface area contributed by atoms with Gasteiger partial charge in [-0.3, -0.25) is 19.3 Å². The van der Waals surface area contributed by atoms with Crippen LogP contribution in [0.15, 0.2) is 42.5 Å². The molecule has 1 heterocycles. The van der Waals surface area contributed by atoms with Gasteiger partial charge < -0.3 is 19.7 Å². The number of carbonyl (C=O) groups excluding carboxylic acids is 3. The number of likely N-dealkylation sites (tertiary alicyclic amines) is 1. The Morgan fingerprint density at radius 2 is 1.80 bits per heavy atom. The molecule has 1 unspecified atom stereocenters. The second-order valence-electron chi connectivity index (χ2n) is 12.8. The predicted molar refractivity (Wildman–Crippen MR) is 173 cm³/mol. The molecular formula is C36H51N3O5. The quantitative estimate of drug-likeness (QED) is 0.309. The van der Waals surface area contributed by atoms with Crippen LogP contribution in [0.2, 0.25) is 0 Å². The van der Waals surface area contributed by atoms with Crippen molar-refractivity contribution < 1.29 is 23.9 Å². The Labute approximate surface area is 263 Å². The van der Waals surface area contributed by atoms with Crippen molar-refractivity contribution in [3.8, 4) is 11.5 Å². The second kappa shape index (κ2) is 16.1. The van der Waals surface area contributed by atoms with Gasteiger partial charge in [0.1, 0.15) is 11.5 Å². The Balaban J connectivity index is 1.38. The highest BCUT2D eigenvalue weighted by atomic mass is 16.5. The van der Waals surface area contributed by atoms with Gasteiger partial charge in [-0.05, 0) is 69.3 Å². The number of hydrogen-bond donors (Lipinski definition) is 1. The van der Waals surface area contributed by atoms with Gasteiger partial charge in [0.25, 0.3) is 5.91 Å². The number of hydrogen-bond acceptors (Lipinski definition) is 6. The number of amides is 2. The number of ether oxygens (including phenoxy) is 2. The molecule has 8 nitrogen and oxygen atoms in total. The summed E-state index contributed by atoms with van der Waals surface area (Å²) in [5, 5.41) is 3.13. The SMILES string of the molecule is CCOc1cc(OC)ccc1CN(C)CC(=O)N1CCCC(c2cccc(C(=O)N[C@@H](C(=O)C(C)C)C3CCCCC3)c2)C1. The van der Waals surface area contributed by atoms with Crippen molar-refractivity contribution in [3.63, 3.8) is 0 Å². The Bertz CT molecular complexity index is 1270. The average molecular weight is 606 g/mol. The van der Waals surface area contributed by atoms with E-state index in [0.717, 1.165) is 67.7 Å². The minimum atomic E-state index is -0.436. The molecule has 2 fully saturated rings. The fourth-order valence-electron chi connectivity index (χ4n) is 6.64. The fourth-order valence-corrected chi connectivity index (χ4v) is 6.64. The van der Waals surface area contributed by atoms with Crippen LogP contribution in [0.1, 0.15) is 93.1 Å². The Morgan fingerprint density at radius 1 is 1.02 bits per heavy atom. The monoisotopic (exact) mass is 605 g/mol. The summed E-state index contributed by atoms with van der Waals surface area (Å²) < 4.78 is 11.2. The van der Waals surface area contributed by atoms with E-state index in [4.69, 9.17) is 9.47 Å². The van der Waals surface area contributed by atoms with Gasteiger partial charge in [-0.25, -0.2) is 0 Å². The maximum atomic E-state index is 13.5. The van der Waals surface area contributed by atoms with Gasteiger partial charge in [0.15, 0.2) is 5.78 Å². The van der Waals surface area contributed by atoms with E-state index in [2.05, 4.69) is 11.4 Å². The summed E-state index contributed by atoms with van der Waals surface area (Å²) in [7, 11) is 3.59. The van der Waals surface area contributed by atoms with E-state index in [-0.39, 0.29) is 35.4 Å². The Hall–Kier alpha value is -3.39. The lowest BCUT2D eigenvalue weighted by Crippen LogP contribution is -2.48. The summed E-state index contributed by atoms with van der Waals surface area (Å²) in [5.41, 5.74) is 2.65. The van der Waals surface area contributed by atoms with E-state index < -0.39 is 6.04 Å². The molecule has 4 rings (SSSR count). The van der Waals surface area contributed by atoms with Gasteiger partial charge in [-0.15, -0.1) is 0 Å². The van der Waals surface area contributed by atoms with Crippen molar-refractivity contribution in [2.75, 3.05) is 40.4 Å². The van der Waals surface area contributed by atoms with Gasteiger partial charge in [0.05, 0.1) is 26.3 Å². The van der Waals surface area contributed by atoms with Crippen LogP contribution in [-0.4, -0.2) is 73.8 Å². The molecule has 2 amide bonds. The molecule has 1 saturated carbocycles. The largest absolute Gasteiger partial charge is 0.497 e. The van der Waals surface area contributed by atoms with Crippen LogP contribution >= 0.6 is 0 Å². The molecule has 0 spiro atoms. The summed E-state index contributed by atoms with van der Waals surface area (Å²) in [4.78, 5) is 43.9. The van der Waals surface area contributed by atoms with E-state index in [0.29, 0.717) is 31.8 Å². The molecule has 1 saturated heterocycles. The third-order valence-electron chi connectivity index (χ3n) is 9.10. The topological polar surface area (TPSA) is 88.2 Å². The first-order valence-corrected chi connectivity index (χ1v) is 16.4. The van der Waals surface area contributed by atoms with Crippen molar-refractivity contribution in [3.05, 3.63) is 59.2 Å². The summed E-state index contributed by atoms with van der Waals surface area (Å²) in [6.45, 7) is 8.58. The lowest BCUT2D eigenvalue weighted by atomic mass is 9.80. The number of ketones is 1. The number of rotatable bonds is 13. The Kier molecular flexibility index (Phi) is 12.2. The van der Waals surface area contributed by atoms with E-state index in [1.807, 2.05) is 74.0 Å². The number of carbonyl (C=O) groups is 3. The highest BCUT2D eigenvalue weighted by Crippen LogP contribution is 2.30. The van der Waals surface area contributed by atoms with E-state index in [9.17, 15) is 14.4 Å². The van der Waals surface area contributed by atoms with Gasteiger partial charge in [-0.1, -0.05) is 51.3 Å². The van der Waals surface area contributed by atoms with Crippen molar-refractivity contribution in [2.24, 2.45) is 11.8 Å². The number of methoxy groups -OCH3 is 1. The lowest BCUT2D eigenvalue weighted by Gasteiger charge is -2.34. The molecule has 1 aliphatic heterocycles.